The molecule has 0 aromatic heterocycles. The summed E-state index contributed by atoms with van der Waals surface area (Å²) in [5, 5.41) is 0.478. The van der Waals surface area contributed by atoms with Gasteiger partial charge in [-0.25, -0.2) is 0 Å². The topological polar surface area (TPSA) is 40.6 Å². The quantitative estimate of drug-likeness (QED) is 0.339. The van der Waals surface area contributed by atoms with E-state index in [9.17, 15) is 9.59 Å². The van der Waals surface area contributed by atoms with E-state index in [1.54, 1.807) is 13.8 Å². The van der Waals surface area contributed by atoms with Gasteiger partial charge in [0.15, 0.2) is 10.2 Å². The molecule has 3 aliphatic rings. The van der Waals surface area contributed by atoms with Crippen molar-refractivity contribution in [2.24, 2.45) is 0 Å². The van der Waals surface area contributed by atoms with Crippen LogP contribution in [0.3, 0.4) is 0 Å². The van der Waals surface area contributed by atoms with Crippen LogP contribution in [0.5, 0.6) is 0 Å². The van der Waals surface area contributed by atoms with Crippen LogP contribution in [0.15, 0.2) is 0 Å². The van der Waals surface area contributed by atoms with Gasteiger partial charge in [-0.2, -0.15) is 0 Å². The number of piperazine rings is 3. The fourth-order valence-electron chi connectivity index (χ4n) is 4.91. The monoisotopic (exact) mass is 500 g/mol. The van der Waals surface area contributed by atoms with Gasteiger partial charge in [0.2, 0.25) is 0 Å². The van der Waals surface area contributed by atoms with Crippen LogP contribution in [0.1, 0.15) is 13.8 Å². The van der Waals surface area contributed by atoms with Crippen molar-refractivity contribution in [1.82, 2.24) is 9.80 Å². The second kappa shape index (κ2) is 13.2. The molecule has 0 aliphatic carbocycles. The molecule has 6 nitrogen and oxygen atoms in total. The van der Waals surface area contributed by atoms with Crippen LogP contribution in [0.2, 0.25) is 0 Å². The highest BCUT2D eigenvalue weighted by molar-refractivity contribution is 8.13. The third kappa shape index (κ3) is 8.43. The third-order valence-corrected chi connectivity index (χ3v) is 8.67. The number of rotatable bonds is 6. The van der Waals surface area contributed by atoms with E-state index in [2.05, 4.69) is 9.80 Å². The van der Waals surface area contributed by atoms with Crippen molar-refractivity contribution in [2.75, 3.05) is 103 Å². The largest absolute Gasteiger partial charge is 1.00 e. The van der Waals surface area contributed by atoms with Crippen LogP contribution < -0.4 is 24.8 Å². The smallest absolute Gasteiger partial charge is 0.185 e. The van der Waals surface area contributed by atoms with Crippen LogP contribution in [0, 0.1) is 0 Å². The summed E-state index contributed by atoms with van der Waals surface area (Å²) >= 11 is 2.93. The summed E-state index contributed by atoms with van der Waals surface area (Å²) in [5.41, 5.74) is 0. The molecule has 0 atom stereocenters. The lowest BCUT2D eigenvalue weighted by Gasteiger charge is -2.54. The number of quaternary nitrogens is 2. The van der Waals surface area contributed by atoms with Crippen molar-refractivity contribution in [1.29, 1.82) is 0 Å². The molecule has 0 unspecified atom stereocenters. The molecule has 3 heterocycles. The van der Waals surface area contributed by atoms with Gasteiger partial charge in [-0.05, 0) is 0 Å². The van der Waals surface area contributed by atoms with Gasteiger partial charge in [0.1, 0.15) is 26.2 Å². The number of hydrogen-bond donors (Lipinski definition) is 0. The predicted molar refractivity (Wildman–Crippen MR) is 119 cm³/mol. The zero-order valence-electron chi connectivity index (χ0n) is 18.5. The molecule has 0 aromatic carbocycles. The summed E-state index contributed by atoms with van der Waals surface area (Å²) in [4.78, 5) is 27.3. The molecule has 30 heavy (non-hydrogen) atoms. The molecule has 0 aromatic rings. The molecule has 3 fully saturated rings. The Morgan fingerprint density at radius 1 is 0.633 bits per heavy atom. The van der Waals surface area contributed by atoms with E-state index in [1.807, 2.05) is 0 Å². The summed E-state index contributed by atoms with van der Waals surface area (Å²) in [5.74, 6) is 1.88. The van der Waals surface area contributed by atoms with E-state index in [4.69, 9.17) is 0 Å². The van der Waals surface area contributed by atoms with Crippen LogP contribution in [-0.2, 0) is 9.59 Å². The molecule has 0 radical (unpaired) electrons. The zero-order valence-corrected chi connectivity index (χ0v) is 21.6. The minimum Gasteiger partial charge on any atom is -1.00 e. The molecule has 10 heteroatoms. The van der Waals surface area contributed by atoms with Gasteiger partial charge in [-0.1, -0.05) is 23.5 Å². The first-order chi connectivity index (χ1) is 13.4. The fourth-order valence-corrected chi connectivity index (χ4v) is 6.19. The summed E-state index contributed by atoms with van der Waals surface area (Å²) in [7, 11) is 0. The van der Waals surface area contributed by atoms with Crippen molar-refractivity contribution >= 4 is 33.8 Å². The van der Waals surface area contributed by atoms with Gasteiger partial charge in [-0.3, -0.25) is 19.4 Å². The number of carbonyl (C=O) groups excluding carboxylic acids is 2. The summed E-state index contributed by atoms with van der Waals surface area (Å²) in [6, 6.07) is 0. The summed E-state index contributed by atoms with van der Waals surface area (Å²) in [6.07, 6.45) is 0. The minimum absolute atomic E-state index is 0. The Kier molecular flexibility index (Phi) is 12.6. The molecular weight excluding hydrogens is 463 g/mol. The maximum Gasteiger partial charge on any atom is 0.185 e. The van der Waals surface area contributed by atoms with Crippen molar-refractivity contribution in [3.8, 4) is 0 Å². The molecule has 0 bridgehead atoms. The Hall–Kier alpha value is 0.460. The van der Waals surface area contributed by atoms with E-state index in [0.717, 1.165) is 24.6 Å². The van der Waals surface area contributed by atoms with E-state index in [-0.39, 0.29) is 35.0 Å². The van der Waals surface area contributed by atoms with E-state index >= 15 is 0 Å². The fraction of sp³-hybridized carbons (Fsp3) is 0.900. The number of hydrogen-bond acceptors (Lipinski definition) is 6. The average molecular weight is 502 g/mol. The van der Waals surface area contributed by atoms with Crippen LogP contribution in [0.4, 0.5) is 0 Å². The maximum atomic E-state index is 11.1. The standard InChI is InChI=1S/C20H38N4O2S2.2ClH/c1-19(25)27-17-7-21-3-9-23(10-4-21)13-15-24(16-14-23)11-5-22(6-12-24)8-18-28-20(2)26;;/h3-18H2,1-2H3;2*1H/q+2;;/p-2. The molecule has 3 rings (SSSR count). The molecular formula is C20H38Cl2N4O2S2. The lowest BCUT2D eigenvalue weighted by atomic mass is 10.1. The Morgan fingerprint density at radius 3 is 1.20 bits per heavy atom. The second-order valence-corrected chi connectivity index (χ2v) is 11.4. The normalized spacial score (nSPS) is 23.5. The van der Waals surface area contributed by atoms with Crippen molar-refractivity contribution in [3.63, 3.8) is 0 Å². The first-order valence-corrected chi connectivity index (χ1v) is 12.8. The van der Waals surface area contributed by atoms with Crippen LogP contribution >= 0.6 is 23.5 Å². The van der Waals surface area contributed by atoms with Crippen molar-refractivity contribution in [2.45, 2.75) is 13.8 Å². The Balaban J connectivity index is 0.00000225. The number of nitrogens with zero attached hydrogens (tertiary/aromatic N) is 4. The van der Waals surface area contributed by atoms with Crippen LogP contribution in [-0.4, -0.2) is 132 Å². The Morgan fingerprint density at radius 2 is 0.933 bits per heavy atom. The molecule has 0 amide bonds. The first kappa shape index (κ1) is 28.5. The highest BCUT2D eigenvalue weighted by Crippen LogP contribution is 2.24. The van der Waals surface area contributed by atoms with Gasteiger partial charge < -0.3 is 33.8 Å². The predicted octanol–water partition coefficient (Wildman–Crippen LogP) is -5.17. The Labute approximate surface area is 203 Å². The lowest BCUT2D eigenvalue weighted by Crippen LogP contribution is -3.00. The number of carbonyl (C=O) groups is 2. The van der Waals surface area contributed by atoms with E-state index < -0.39 is 0 Å². The molecule has 2 spiro atoms. The lowest BCUT2D eigenvalue weighted by molar-refractivity contribution is -1.03. The van der Waals surface area contributed by atoms with Gasteiger partial charge in [0, 0.05) is 64.6 Å². The van der Waals surface area contributed by atoms with Gasteiger partial charge in [-0.15, -0.1) is 0 Å². The molecule has 0 N–H and O–H groups in total. The SMILES string of the molecule is CC(=O)SCCN1CC[N+]2(CC1)CC[N+]1(CCN(CCSC(C)=O)CC1)CC2.[Cl-].[Cl-]. The molecule has 0 saturated carbocycles. The van der Waals surface area contributed by atoms with Crippen molar-refractivity contribution < 1.29 is 43.4 Å². The molecule has 176 valence electrons. The maximum absolute atomic E-state index is 11.1. The molecule has 3 saturated heterocycles. The van der Waals surface area contributed by atoms with E-state index in [1.165, 1.54) is 111 Å². The van der Waals surface area contributed by atoms with E-state index in [0.29, 0.717) is 0 Å². The highest BCUT2D eigenvalue weighted by atomic mass is 35.5. The first-order valence-electron chi connectivity index (χ1n) is 10.8. The van der Waals surface area contributed by atoms with Crippen LogP contribution in [0.25, 0.3) is 0 Å². The highest BCUT2D eigenvalue weighted by Gasteiger charge is 2.44. The Bertz CT molecular complexity index is 495. The summed E-state index contributed by atoms with van der Waals surface area (Å²) < 4.78 is 2.66. The minimum atomic E-state index is 0. The van der Waals surface area contributed by atoms with Gasteiger partial charge in [0.05, 0.1) is 26.2 Å². The number of halogens is 2. The third-order valence-electron chi connectivity index (χ3n) is 7.09. The average Bonchev–Trinajstić information content (AvgIpc) is 2.67. The van der Waals surface area contributed by atoms with Gasteiger partial charge >= 0.3 is 0 Å². The second-order valence-electron chi connectivity index (χ2n) is 8.84. The van der Waals surface area contributed by atoms with Gasteiger partial charge in [0.25, 0.3) is 0 Å². The van der Waals surface area contributed by atoms with Crippen molar-refractivity contribution in [3.05, 3.63) is 0 Å². The number of thioether (sulfide) groups is 2. The molecule has 3 aliphatic heterocycles. The zero-order chi connectivity index (χ0) is 20.0. The summed E-state index contributed by atoms with van der Waals surface area (Å²) in [6.45, 7) is 20.8.